The predicted octanol–water partition coefficient (Wildman–Crippen LogP) is 0.455. The van der Waals surface area contributed by atoms with E-state index in [1.54, 1.807) is 7.11 Å². The van der Waals surface area contributed by atoms with Gasteiger partial charge in [-0.25, -0.2) is 4.99 Å². The van der Waals surface area contributed by atoms with Crippen molar-refractivity contribution in [3.05, 3.63) is 0 Å². The van der Waals surface area contributed by atoms with Crippen molar-refractivity contribution in [2.45, 2.75) is 27.2 Å². The quantitative estimate of drug-likeness (QED) is 0.197. The van der Waals surface area contributed by atoms with Gasteiger partial charge < -0.3 is 25.2 Å². The topological polar surface area (TPSA) is 89.5 Å². The highest BCUT2D eigenvalue weighted by Gasteiger charge is 2.28. The fraction of sp³-hybridized carbons (Fsp3) is 0.857. The number of hydrogen-bond donors (Lipinski definition) is 2. The van der Waals surface area contributed by atoms with Crippen LogP contribution in [0.25, 0.3) is 0 Å². The first kappa shape index (κ1) is 27.9. The number of carbonyl (C=O) groups excluding carboxylic acids is 2. The number of nitrogens with one attached hydrogen (secondary N) is 2. The number of hydrogen-bond acceptors (Lipinski definition) is 5. The summed E-state index contributed by atoms with van der Waals surface area (Å²) >= 11 is 0. The smallest absolute Gasteiger partial charge is 0.241 e. The van der Waals surface area contributed by atoms with Crippen LogP contribution in [0, 0.1) is 11.8 Å². The highest BCUT2D eigenvalue weighted by molar-refractivity contribution is 14.0. The minimum Gasteiger partial charge on any atom is -0.383 e. The van der Waals surface area contributed by atoms with Crippen molar-refractivity contribution in [3.63, 3.8) is 0 Å². The van der Waals surface area contributed by atoms with Gasteiger partial charge >= 0.3 is 0 Å². The maximum Gasteiger partial charge on any atom is 0.241 e. The number of methoxy groups -OCH3 is 1. The molecular formula is C21H41IN6O3. The summed E-state index contributed by atoms with van der Waals surface area (Å²) in [6, 6.07) is 0. The Hall–Kier alpha value is -1.14. The Morgan fingerprint density at radius 3 is 2.26 bits per heavy atom. The number of carbonyl (C=O) groups is 2. The van der Waals surface area contributed by atoms with Crippen molar-refractivity contribution in [2.24, 2.45) is 16.8 Å². The average molecular weight is 553 g/mol. The molecule has 2 aliphatic rings. The summed E-state index contributed by atoms with van der Waals surface area (Å²) in [5, 5.41) is 6.05. The number of piperazine rings is 1. The van der Waals surface area contributed by atoms with Gasteiger partial charge in [0.05, 0.1) is 13.2 Å². The van der Waals surface area contributed by atoms with Crippen LogP contribution in [0.15, 0.2) is 4.99 Å². The number of likely N-dealkylation sites (tertiary alicyclic amines) is 1. The lowest BCUT2D eigenvalue weighted by Gasteiger charge is -2.39. The predicted molar refractivity (Wildman–Crippen MR) is 134 cm³/mol. The van der Waals surface area contributed by atoms with Gasteiger partial charge in [-0.2, -0.15) is 0 Å². The van der Waals surface area contributed by atoms with E-state index in [1.807, 2.05) is 11.8 Å². The molecule has 0 aromatic carbocycles. The van der Waals surface area contributed by atoms with Crippen LogP contribution in [0.3, 0.4) is 0 Å². The number of ether oxygens (including phenoxy) is 1. The highest BCUT2D eigenvalue weighted by atomic mass is 127. The SMILES string of the molecule is CCNC(=NCC(=O)NCCOC)N1CCN(CC(=O)N2CC(C)CC(C)C2)CC1.I. The first-order valence-electron chi connectivity index (χ1n) is 11.2. The van der Waals surface area contributed by atoms with Crippen molar-refractivity contribution in [3.8, 4) is 0 Å². The van der Waals surface area contributed by atoms with Crippen LogP contribution < -0.4 is 10.6 Å². The lowest BCUT2D eigenvalue weighted by atomic mass is 9.92. The molecular weight excluding hydrogens is 511 g/mol. The Bertz CT molecular complexity index is 573. The Morgan fingerprint density at radius 1 is 1.03 bits per heavy atom. The third kappa shape index (κ3) is 9.90. The van der Waals surface area contributed by atoms with Gasteiger partial charge in [0, 0.05) is 59.5 Å². The minimum atomic E-state index is -0.114. The average Bonchev–Trinajstić information content (AvgIpc) is 2.71. The number of piperidine rings is 1. The fourth-order valence-corrected chi connectivity index (χ4v) is 4.20. The molecule has 0 spiro atoms. The zero-order valence-electron chi connectivity index (χ0n) is 19.6. The Kier molecular flexibility index (Phi) is 13.3. The second-order valence-electron chi connectivity index (χ2n) is 8.52. The summed E-state index contributed by atoms with van der Waals surface area (Å²) in [6.45, 7) is 13.8. The summed E-state index contributed by atoms with van der Waals surface area (Å²) in [5.41, 5.74) is 0. The summed E-state index contributed by atoms with van der Waals surface area (Å²) < 4.78 is 4.94. The van der Waals surface area contributed by atoms with E-state index in [-0.39, 0.29) is 42.3 Å². The minimum absolute atomic E-state index is 0. The maximum atomic E-state index is 12.7. The van der Waals surface area contributed by atoms with Crippen LogP contribution in [0.2, 0.25) is 0 Å². The van der Waals surface area contributed by atoms with E-state index in [1.165, 1.54) is 6.42 Å². The van der Waals surface area contributed by atoms with Crippen molar-refractivity contribution < 1.29 is 14.3 Å². The summed E-state index contributed by atoms with van der Waals surface area (Å²) in [5.74, 6) is 2.05. The number of rotatable bonds is 8. The normalized spacial score (nSPS) is 22.6. The Balaban J connectivity index is 0.00000480. The van der Waals surface area contributed by atoms with Crippen LogP contribution in [-0.2, 0) is 14.3 Å². The summed E-state index contributed by atoms with van der Waals surface area (Å²) in [4.78, 5) is 35.6. The van der Waals surface area contributed by atoms with Crippen LogP contribution in [0.1, 0.15) is 27.2 Å². The molecule has 2 amide bonds. The van der Waals surface area contributed by atoms with E-state index in [4.69, 9.17) is 4.74 Å². The third-order valence-electron chi connectivity index (χ3n) is 5.59. The van der Waals surface area contributed by atoms with E-state index < -0.39 is 0 Å². The summed E-state index contributed by atoms with van der Waals surface area (Å²) in [6.07, 6.45) is 1.21. The molecule has 2 heterocycles. The van der Waals surface area contributed by atoms with E-state index in [0.717, 1.165) is 51.8 Å². The molecule has 2 aliphatic heterocycles. The van der Waals surface area contributed by atoms with E-state index in [0.29, 0.717) is 31.5 Å². The molecule has 2 fully saturated rings. The molecule has 2 N–H and O–H groups in total. The lowest BCUT2D eigenvalue weighted by Crippen LogP contribution is -2.55. The van der Waals surface area contributed by atoms with Crippen molar-refractivity contribution in [2.75, 3.05) is 79.2 Å². The number of nitrogens with zero attached hydrogens (tertiary/aromatic N) is 4. The van der Waals surface area contributed by atoms with Crippen molar-refractivity contribution in [1.29, 1.82) is 0 Å². The number of halogens is 1. The molecule has 31 heavy (non-hydrogen) atoms. The molecule has 0 aromatic heterocycles. The molecule has 0 bridgehead atoms. The van der Waals surface area contributed by atoms with Gasteiger partial charge in [-0.15, -0.1) is 24.0 Å². The van der Waals surface area contributed by atoms with Gasteiger partial charge in [-0.3, -0.25) is 14.5 Å². The fourth-order valence-electron chi connectivity index (χ4n) is 4.20. The molecule has 2 unspecified atom stereocenters. The van der Waals surface area contributed by atoms with Gasteiger partial charge in [0.2, 0.25) is 11.8 Å². The van der Waals surface area contributed by atoms with Crippen LogP contribution in [0.5, 0.6) is 0 Å². The molecule has 2 atom stereocenters. The molecule has 0 radical (unpaired) electrons. The number of amides is 2. The molecule has 0 aromatic rings. The van der Waals surface area contributed by atoms with E-state index >= 15 is 0 Å². The van der Waals surface area contributed by atoms with Crippen LogP contribution in [-0.4, -0.2) is 112 Å². The first-order valence-corrected chi connectivity index (χ1v) is 11.2. The number of guanidine groups is 1. The van der Waals surface area contributed by atoms with Gasteiger partial charge in [0.1, 0.15) is 6.54 Å². The van der Waals surface area contributed by atoms with Gasteiger partial charge in [-0.1, -0.05) is 13.8 Å². The lowest BCUT2D eigenvalue weighted by molar-refractivity contribution is -0.135. The van der Waals surface area contributed by atoms with Gasteiger partial charge in [0.15, 0.2) is 5.96 Å². The standard InChI is InChI=1S/C21H40N6O3.HI/c1-5-22-21(24-13-19(28)23-6-11-30-4)26-9-7-25(8-10-26)16-20(29)27-14-17(2)12-18(3)15-27;/h17-18H,5-16H2,1-4H3,(H,22,24)(H,23,28);1H. The molecule has 10 heteroatoms. The first-order chi connectivity index (χ1) is 14.4. The molecule has 0 aliphatic carbocycles. The number of aliphatic imine (C=N–C) groups is 1. The van der Waals surface area contributed by atoms with Gasteiger partial charge in [0.25, 0.3) is 0 Å². The van der Waals surface area contributed by atoms with Crippen LogP contribution in [0.4, 0.5) is 0 Å². The van der Waals surface area contributed by atoms with Crippen LogP contribution >= 0.6 is 24.0 Å². The molecule has 0 saturated carbocycles. The highest BCUT2D eigenvalue weighted by Crippen LogP contribution is 2.21. The van der Waals surface area contributed by atoms with E-state index in [9.17, 15) is 9.59 Å². The zero-order valence-corrected chi connectivity index (χ0v) is 21.9. The molecule has 2 rings (SSSR count). The van der Waals surface area contributed by atoms with Gasteiger partial charge in [-0.05, 0) is 25.2 Å². The van der Waals surface area contributed by atoms with Crippen molar-refractivity contribution in [1.82, 2.24) is 25.3 Å². The van der Waals surface area contributed by atoms with Crippen molar-refractivity contribution >= 4 is 41.8 Å². The van der Waals surface area contributed by atoms with E-state index in [2.05, 4.69) is 39.3 Å². The summed E-state index contributed by atoms with van der Waals surface area (Å²) in [7, 11) is 1.61. The Labute approximate surface area is 204 Å². The largest absolute Gasteiger partial charge is 0.383 e. The Morgan fingerprint density at radius 2 is 1.68 bits per heavy atom. The molecule has 180 valence electrons. The maximum absolute atomic E-state index is 12.7. The second-order valence-corrected chi connectivity index (χ2v) is 8.52. The monoisotopic (exact) mass is 552 g/mol. The second kappa shape index (κ2) is 14.8. The third-order valence-corrected chi connectivity index (χ3v) is 5.59. The molecule has 2 saturated heterocycles. The molecule has 9 nitrogen and oxygen atoms in total. The zero-order chi connectivity index (χ0) is 21.9.